The predicted molar refractivity (Wildman–Crippen MR) is 127 cm³/mol. The number of pyridine rings is 2. The van der Waals surface area contributed by atoms with E-state index in [0.29, 0.717) is 11.3 Å². The zero-order valence-corrected chi connectivity index (χ0v) is 20.6. The first-order valence-electron chi connectivity index (χ1n) is 10.9. The molecule has 0 aliphatic carbocycles. The molecule has 0 aliphatic rings. The van der Waals surface area contributed by atoms with Crippen LogP contribution in [0, 0.1) is 0 Å². The molecule has 1 N–H and O–H groups in total. The number of amides is 1. The Morgan fingerprint density at radius 1 is 0.944 bits per heavy atom. The van der Waals surface area contributed by atoms with E-state index in [2.05, 4.69) is 15.3 Å². The summed E-state index contributed by atoms with van der Waals surface area (Å²) in [4.78, 5) is 33.2. The standard InChI is InChI=1S/C25H24F3N3O4S/c1-4-36(34,35)18-11-8-16(9-12-18)14-22(32)30-17-10-13-19(29-15-17)23(33)24(2,3)20-6-5-7-21(31-20)25(26,27)28/h5-13,15H,4,14H2,1-3H3,(H,30,32). The molecule has 0 spiro atoms. The summed E-state index contributed by atoms with van der Waals surface area (Å²) in [5.74, 6) is -0.934. The van der Waals surface area contributed by atoms with Crippen molar-refractivity contribution in [3.63, 3.8) is 0 Å². The molecule has 36 heavy (non-hydrogen) atoms. The maximum absolute atomic E-state index is 13.0. The number of halogens is 3. The maximum atomic E-state index is 13.0. The highest BCUT2D eigenvalue weighted by Gasteiger charge is 2.37. The van der Waals surface area contributed by atoms with Gasteiger partial charge >= 0.3 is 6.18 Å². The maximum Gasteiger partial charge on any atom is 0.433 e. The average molecular weight is 520 g/mol. The number of hydrogen-bond acceptors (Lipinski definition) is 6. The summed E-state index contributed by atoms with van der Waals surface area (Å²) < 4.78 is 62.9. The molecule has 0 saturated heterocycles. The molecule has 0 saturated carbocycles. The molecule has 11 heteroatoms. The van der Waals surface area contributed by atoms with E-state index < -0.39 is 32.9 Å². The van der Waals surface area contributed by atoms with Gasteiger partial charge in [-0.2, -0.15) is 13.2 Å². The van der Waals surface area contributed by atoms with Gasteiger partial charge in [-0.15, -0.1) is 0 Å². The number of nitrogens with one attached hydrogen (secondary N) is 1. The third kappa shape index (κ3) is 6.14. The van der Waals surface area contributed by atoms with Crippen LogP contribution in [0.5, 0.6) is 0 Å². The lowest BCUT2D eigenvalue weighted by molar-refractivity contribution is -0.141. The molecule has 3 rings (SSSR count). The van der Waals surface area contributed by atoms with Gasteiger partial charge < -0.3 is 5.32 Å². The van der Waals surface area contributed by atoms with Crippen LogP contribution < -0.4 is 5.32 Å². The molecular formula is C25H24F3N3O4S. The number of carbonyl (C=O) groups excluding carboxylic acids is 2. The molecule has 0 unspecified atom stereocenters. The molecule has 0 fully saturated rings. The van der Waals surface area contributed by atoms with Gasteiger partial charge in [-0.05, 0) is 55.8 Å². The number of aromatic nitrogens is 2. The zero-order chi connectivity index (χ0) is 26.7. The minimum Gasteiger partial charge on any atom is -0.324 e. The van der Waals surface area contributed by atoms with Crippen LogP contribution in [0.2, 0.25) is 0 Å². The van der Waals surface area contributed by atoms with E-state index in [1.165, 1.54) is 56.4 Å². The Kier molecular flexibility index (Phi) is 7.63. The first-order chi connectivity index (χ1) is 16.7. The van der Waals surface area contributed by atoms with E-state index in [1.807, 2.05) is 0 Å². The lowest BCUT2D eigenvalue weighted by Gasteiger charge is -2.23. The average Bonchev–Trinajstić information content (AvgIpc) is 2.84. The Morgan fingerprint density at radius 3 is 2.14 bits per heavy atom. The SMILES string of the molecule is CCS(=O)(=O)c1ccc(CC(=O)Nc2ccc(C(=O)C(C)(C)c3cccc(C(F)(F)F)n3)nc2)cc1. The van der Waals surface area contributed by atoms with Crippen molar-refractivity contribution in [1.29, 1.82) is 0 Å². The van der Waals surface area contributed by atoms with Crippen molar-refractivity contribution < 1.29 is 31.2 Å². The van der Waals surface area contributed by atoms with Crippen molar-refractivity contribution in [3.05, 3.63) is 83.4 Å². The Labute approximate surface area is 206 Å². The van der Waals surface area contributed by atoms with Gasteiger partial charge in [0, 0.05) is 0 Å². The van der Waals surface area contributed by atoms with Crippen molar-refractivity contribution in [2.75, 3.05) is 11.1 Å². The monoisotopic (exact) mass is 519 g/mol. The number of hydrogen-bond donors (Lipinski definition) is 1. The number of benzene rings is 1. The van der Waals surface area contributed by atoms with Crippen LogP contribution in [0.3, 0.4) is 0 Å². The van der Waals surface area contributed by atoms with Crippen molar-refractivity contribution in [3.8, 4) is 0 Å². The van der Waals surface area contributed by atoms with Gasteiger partial charge in [-0.25, -0.2) is 13.4 Å². The highest BCUT2D eigenvalue weighted by atomic mass is 32.2. The Hall–Kier alpha value is -3.60. The molecule has 2 heterocycles. The summed E-state index contributed by atoms with van der Waals surface area (Å²) in [7, 11) is -3.33. The lowest BCUT2D eigenvalue weighted by Crippen LogP contribution is -2.31. The van der Waals surface area contributed by atoms with E-state index >= 15 is 0 Å². The number of nitrogens with zero attached hydrogens (tertiary/aromatic N) is 2. The number of carbonyl (C=O) groups is 2. The fraction of sp³-hybridized carbons (Fsp3) is 0.280. The second kappa shape index (κ2) is 10.2. The van der Waals surface area contributed by atoms with Crippen LogP contribution in [-0.2, 0) is 32.6 Å². The zero-order valence-electron chi connectivity index (χ0n) is 19.8. The molecule has 3 aromatic rings. The Balaban J connectivity index is 1.68. The fourth-order valence-electron chi connectivity index (χ4n) is 3.35. The fourth-order valence-corrected chi connectivity index (χ4v) is 4.24. The number of anilines is 1. The summed E-state index contributed by atoms with van der Waals surface area (Å²) in [6.07, 6.45) is -3.37. The van der Waals surface area contributed by atoms with Gasteiger partial charge in [-0.3, -0.25) is 14.6 Å². The topological polar surface area (TPSA) is 106 Å². The van der Waals surface area contributed by atoms with Crippen LogP contribution in [0.15, 0.2) is 65.7 Å². The van der Waals surface area contributed by atoms with Crippen LogP contribution in [0.25, 0.3) is 0 Å². The van der Waals surface area contributed by atoms with E-state index in [4.69, 9.17) is 0 Å². The number of alkyl halides is 3. The van der Waals surface area contributed by atoms with E-state index in [-0.39, 0.29) is 34.4 Å². The lowest BCUT2D eigenvalue weighted by atomic mass is 9.82. The van der Waals surface area contributed by atoms with Crippen molar-refractivity contribution in [2.24, 2.45) is 0 Å². The number of Topliss-reactive ketones (excluding diaryl/α,β-unsaturated/α-hetero) is 1. The molecule has 2 aromatic heterocycles. The summed E-state index contributed by atoms with van der Waals surface area (Å²) in [5.41, 5.74) is -1.58. The Morgan fingerprint density at radius 2 is 1.58 bits per heavy atom. The largest absolute Gasteiger partial charge is 0.433 e. The number of sulfone groups is 1. The van der Waals surface area contributed by atoms with E-state index in [0.717, 1.165) is 6.07 Å². The van der Waals surface area contributed by atoms with Gasteiger partial charge in [-0.1, -0.05) is 25.1 Å². The van der Waals surface area contributed by atoms with E-state index in [1.54, 1.807) is 19.1 Å². The molecule has 0 atom stereocenters. The highest BCUT2D eigenvalue weighted by molar-refractivity contribution is 7.91. The van der Waals surface area contributed by atoms with Crippen LogP contribution >= 0.6 is 0 Å². The van der Waals surface area contributed by atoms with Gasteiger partial charge in [0.05, 0.1) is 40.1 Å². The van der Waals surface area contributed by atoms with E-state index in [9.17, 15) is 31.2 Å². The molecule has 7 nitrogen and oxygen atoms in total. The molecule has 0 radical (unpaired) electrons. The first kappa shape index (κ1) is 27.0. The van der Waals surface area contributed by atoms with Gasteiger partial charge in [0.15, 0.2) is 15.6 Å². The third-order valence-corrected chi connectivity index (χ3v) is 7.31. The molecule has 190 valence electrons. The second-order valence-electron chi connectivity index (χ2n) is 8.56. The molecule has 1 amide bonds. The van der Waals surface area contributed by atoms with Crippen molar-refractivity contribution in [1.82, 2.24) is 9.97 Å². The van der Waals surface area contributed by atoms with Crippen molar-refractivity contribution >= 4 is 27.2 Å². The van der Waals surface area contributed by atoms with Crippen molar-refractivity contribution in [2.45, 2.75) is 43.7 Å². The number of rotatable bonds is 8. The third-order valence-electron chi connectivity index (χ3n) is 5.55. The van der Waals surface area contributed by atoms with Gasteiger partial charge in [0.2, 0.25) is 5.91 Å². The Bertz CT molecular complexity index is 1370. The van der Waals surface area contributed by atoms with Crippen LogP contribution in [-0.4, -0.2) is 35.8 Å². The summed E-state index contributed by atoms with van der Waals surface area (Å²) in [6, 6.07) is 12.2. The smallest absolute Gasteiger partial charge is 0.324 e. The van der Waals surface area contributed by atoms with Gasteiger partial charge in [0.1, 0.15) is 11.4 Å². The summed E-state index contributed by atoms with van der Waals surface area (Å²) >= 11 is 0. The van der Waals surface area contributed by atoms with Crippen LogP contribution in [0.4, 0.5) is 18.9 Å². The highest BCUT2D eigenvalue weighted by Crippen LogP contribution is 2.31. The molecule has 0 bridgehead atoms. The quantitative estimate of drug-likeness (QED) is 0.435. The minimum absolute atomic E-state index is 0.00457. The summed E-state index contributed by atoms with van der Waals surface area (Å²) in [5, 5.41) is 2.64. The summed E-state index contributed by atoms with van der Waals surface area (Å²) in [6.45, 7) is 4.48. The normalized spacial score (nSPS) is 12.3. The second-order valence-corrected chi connectivity index (χ2v) is 10.8. The predicted octanol–water partition coefficient (Wildman–Crippen LogP) is 4.63. The van der Waals surface area contributed by atoms with Crippen LogP contribution in [0.1, 0.15) is 48.2 Å². The first-order valence-corrected chi connectivity index (χ1v) is 12.6. The number of ketones is 1. The molecule has 0 aliphatic heterocycles. The van der Waals surface area contributed by atoms with Gasteiger partial charge in [0.25, 0.3) is 0 Å². The molecule has 1 aromatic carbocycles. The molecular weight excluding hydrogens is 495 g/mol. The minimum atomic E-state index is -4.64.